The van der Waals surface area contributed by atoms with Crippen LogP contribution in [0.1, 0.15) is 19.4 Å². The van der Waals surface area contributed by atoms with Gasteiger partial charge in [-0.3, -0.25) is 19.3 Å². The third-order valence-corrected chi connectivity index (χ3v) is 5.63. The highest BCUT2D eigenvalue weighted by Gasteiger charge is 2.31. The van der Waals surface area contributed by atoms with E-state index in [9.17, 15) is 18.0 Å². The highest BCUT2D eigenvalue weighted by atomic mass is 32.2. The highest BCUT2D eigenvalue weighted by molar-refractivity contribution is 7.90. The monoisotopic (exact) mass is 430 g/mol. The summed E-state index contributed by atoms with van der Waals surface area (Å²) in [6.07, 6.45) is 0. The number of hydrogen-bond donors (Lipinski definition) is 3. The molecule has 30 heavy (non-hydrogen) atoms. The van der Waals surface area contributed by atoms with E-state index in [1.165, 1.54) is 6.07 Å². The van der Waals surface area contributed by atoms with E-state index in [1.54, 1.807) is 49.4 Å². The Morgan fingerprint density at radius 2 is 1.83 bits per heavy atom. The molecule has 0 spiro atoms. The average molecular weight is 430 g/mol. The molecule has 0 aliphatic carbocycles. The van der Waals surface area contributed by atoms with Crippen molar-refractivity contribution in [1.29, 1.82) is 0 Å². The fourth-order valence-electron chi connectivity index (χ4n) is 2.76. The summed E-state index contributed by atoms with van der Waals surface area (Å²) in [6.45, 7) is 3.83. The van der Waals surface area contributed by atoms with Crippen LogP contribution in [0.4, 0.5) is 5.69 Å². The minimum absolute atomic E-state index is 0.0918. The minimum atomic E-state index is -3.66. The smallest absolute Gasteiger partial charge is 0.263 e. The molecule has 3 N–H and O–H groups in total. The summed E-state index contributed by atoms with van der Waals surface area (Å²) in [5.41, 5.74) is 0.954. The SMILES string of the molecule is CCNC(=O)COc1ccc(NC(=O)[C@H](C)N=C2NS(=O)(=O)c3ccccc32)cc1. The number of nitrogens with zero attached hydrogens (tertiary/aromatic N) is 1. The van der Waals surface area contributed by atoms with Crippen molar-refractivity contribution < 1.29 is 22.7 Å². The Hall–Kier alpha value is -3.40. The van der Waals surface area contributed by atoms with Crippen LogP contribution in [0.5, 0.6) is 5.75 Å². The van der Waals surface area contributed by atoms with Crippen molar-refractivity contribution in [2.24, 2.45) is 4.99 Å². The van der Waals surface area contributed by atoms with Crippen molar-refractivity contribution in [3.05, 3.63) is 54.1 Å². The first-order valence-electron chi connectivity index (χ1n) is 9.30. The number of carbonyl (C=O) groups excluding carboxylic acids is 2. The molecule has 10 heteroatoms. The molecule has 9 nitrogen and oxygen atoms in total. The van der Waals surface area contributed by atoms with Crippen LogP contribution < -0.4 is 20.1 Å². The molecule has 2 amide bonds. The van der Waals surface area contributed by atoms with Gasteiger partial charge < -0.3 is 15.4 Å². The number of rotatable bonds is 7. The minimum Gasteiger partial charge on any atom is -0.484 e. The highest BCUT2D eigenvalue weighted by Crippen LogP contribution is 2.23. The van der Waals surface area contributed by atoms with Crippen LogP contribution in [-0.2, 0) is 19.6 Å². The average Bonchev–Trinajstić information content (AvgIpc) is 2.98. The van der Waals surface area contributed by atoms with E-state index < -0.39 is 22.0 Å². The Labute approximate surface area is 174 Å². The third-order valence-electron chi connectivity index (χ3n) is 4.23. The van der Waals surface area contributed by atoms with E-state index in [0.717, 1.165) is 0 Å². The third kappa shape index (κ3) is 4.95. The van der Waals surface area contributed by atoms with Crippen molar-refractivity contribution in [2.45, 2.75) is 24.8 Å². The second-order valence-electron chi connectivity index (χ2n) is 6.51. The summed E-state index contributed by atoms with van der Waals surface area (Å²) in [5, 5.41) is 5.35. The van der Waals surface area contributed by atoms with Gasteiger partial charge in [0.1, 0.15) is 17.6 Å². The second-order valence-corrected chi connectivity index (χ2v) is 8.16. The molecule has 0 aromatic heterocycles. The molecule has 2 aromatic carbocycles. The zero-order valence-corrected chi connectivity index (χ0v) is 17.3. The lowest BCUT2D eigenvalue weighted by Crippen LogP contribution is -2.29. The quantitative estimate of drug-likeness (QED) is 0.610. The molecule has 0 unspecified atom stereocenters. The van der Waals surface area contributed by atoms with Crippen molar-refractivity contribution in [3.63, 3.8) is 0 Å². The Bertz CT molecular complexity index is 1080. The van der Waals surface area contributed by atoms with Crippen LogP contribution in [-0.4, -0.2) is 45.3 Å². The second kappa shape index (κ2) is 8.95. The molecular weight excluding hydrogens is 408 g/mol. The van der Waals surface area contributed by atoms with E-state index in [4.69, 9.17) is 4.74 Å². The summed E-state index contributed by atoms with van der Waals surface area (Å²) in [7, 11) is -3.66. The van der Waals surface area contributed by atoms with Crippen molar-refractivity contribution in [2.75, 3.05) is 18.5 Å². The molecule has 1 aliphatic rings. The van der Waals surface area contributed by atoms with Crippen LogP contribution in [0.15, 0.2) is 58.4 Å². The van der Waals surface area contributed by atoms with E-state index in [1.807, 2.05) is 6.92 Å². The van der Waals surface area contributed by atoms with Gasteiger partial charge in [0.05, 0.1) is 4.90 Å². The number of likely N-dealkylation sites (N-methyl/N-ethyl adjacent to an activating group) is 1. The van der Waals surface area contributed by atoms with Crippen molar-refractivity contribution in [1.82, 2.24) is 10.0 Å². The van der Waals surface area contributed by atoms with E-state index >= 15 is 0 Å². The number of amidine groups is 1. The molecule has 0 radical (unpaired) electrons. The number of carbonyl (C=O) groups is 2. The summed E-state index contributed by atoms with van der Waals surface area (Å²) >= 11 is 0. The molecule has 0 saturated carbocycles. The van der Waals surface area contributed by atoms with Crippen LogP contribution in [0, 0.1) is 0 Å². The number of benzene rings is 2. The largest absolute Gasteiger partial charge is 0.484 e. The summed E-state index contributed by atoms with van der Waals surface area (Å²) < 4.78 is 32.0. The number of nitrogens with one attached hydrogen (secondary N) is 3. The van der Waals surface area contributed by atoms with Crippen molar-refractivity contribution >= 4 is 33.4 Å². The van der Waals surface area contributed by atoms with Gasteiger partial charge in [-0.1, -0.05) is 12.1 Å². The van der Waals surface area contributed by atoms with Gasteiger partial charge in [0.15, 0.2) is 6.61 Å². The number of hydrogen-bond acceptors (Lipinski definition) is 6. The van der Waals surface area contributed by atoms with Crippen LogP contribution in [0.3, 0.4) is 0 Å². The topological polar surface area (TPSA) is 126 Å². The van der Waals surface area contributed by atoms with Gasteiger partial charge in [0.2, 0.25) is 5.91 Å². The van der Waals surface area contributed by atoms with E-state index in [2.05, 4.69) is 20.3 Å². The molecule has 0 fully saturated rings. The number of anilines is 1. The van der Waals surface area contributed by atoms with E-state index in [-0.39, 0.29) is 23.2 Å². The van der Waals surface area contributed by atoms with Gasteiger partial charge in [-0.15, -0.1) is 0 Å². The Morgan fingerprint density at radius 3 is 2.53 bits per heavy atom. The molecule has 3 rings (SSSR count). The molecule has 0 bridgehead atoms. The van der Waals surface area contributed by atoms with Crippen LogP contribution in [0.2, 0.25) is 0 Å². The first kappa shape index (κ1) is 21.3. The lowest BCUT2D eigenvalue weighted by Gasteiger charge is -2.11. The first-order chi connectivity index (χ1) is 14.3. The molecule has 1 aliphatic heterocycles. The number of fused-ring (bicyclic) bond motifs is 1. The predicted molar refractivity (Wildman–Crippen MR) is 112 cm³/mol. The standard InChI is InChI=1S/C20H22N4O5S/c1-3-21-18(25)12-29-15-10-8-14(9-11-15)23-20(26)13(2)22-19-16-6-4-5-7-17(16)30(27,28)24-19/h4-11,13H,3,12H2,1-2H3,(H,21,25)(H,22,24)(H,23,26)/t13-/m0/s1. The van der Waals surface area contributed by atoms with Crippen LogP contribution >= 0.6 is 0 Å². The van der Waals surface area contributed by atoms with Crippen molar-refractivity contribution in [3.8, 4) is 5.75 Å². The molecular formula is C20H22N4O5S. The lowest BCUT2D eigenvalue weighted by molar-refractivity contribution is -0.123. The fourth-order valence-corrected chi connectivity index (χ4v) is 4.00. The molecule has 1 heterocycles. The maximum Gasteiger partial charge on any atom is 0.263 e. The zero-order valence-electron chi connectivity index (χ0n) is 16.5. The molecule has 1 atom stereocenters. The maximum absolute atomic E-state index is 12.5. The van der Waals surface area contributed by atoms with Gasteiger partial charge in [-0.25, -0.2) is 8.42 Å². The Balaban J connectivity index is 1.63. The Morgan fingerprint density at radius 1 is 1.13 bits per heavy atom. The van der Waals surface area contributed by atoms with Gasteiger partial charge in [0.25, 0.3) is 15.9 Å². The summed E-state index contributed by atoms with van der Waals surface area (Å²) in [6, 6.07) is 12.2. The van der Waals surface area contributed by atoms with Gasteiger partial charge in [-0.05, 0) is 50.2 Å². The number of aliphatic imine (C=N–C) groups is 1. The number of amides is 2. The summed E-state index contributed by atoms with van der Waals surface area (Å²) in [4.78, 5) is 28.3. The number of sulfonamides is 1. The fraction of sp³-hybridized carbons (Fsp3) is 0.250. The first-order valence-corrected chi connectivity index (χ1v) is 10.8. The molecule has 0 saturated heterocycles. The summed E-state index contributed by atoms with van der Waals surface area (Å²) in [5.74, 6) is 0.0147. The van der Waals surface area contributed by atoms with Gasteiger partial charge in [-0.2, -0.15) is 0 Å². The van der Waals surface area contributed by atoms with Gasteiger partial charge in [0, 0.05) is 17.8 Å². The number of ether oxygens (including phenoxy) is 1. The maximum atomic E-state index is 12.5. The Kier molecular flexibility index (Phi) is 6.36. The van der Waals surface area contributed by atoms with Gasteiger partial charge >= 0.3 is 0 Å². The van der Waals surface area contributed by atoms with E-state index in [0.29, 0.717) is 23.5 Å². The predicted octanol–water partition coefficient (Wildman–Crippen LogP) is 1.27. The normalized spacial score (nSPS) is 16.3. The molecule has 2 aromatic rings. The van der Waals surface area contributed by atoms with Crippen LogP contribution in [0.25, 0.3) is 0 Å². The molecule has 158 valence electrons. The lowest BCUT2D eigenvalue weighted by atomic mass is 10.2. The zero-order chi connectivity index (χ0) is 21.7.